The molecule has 5 rings (SSSR count). The molecule has 34 heavy (non-hydrogen) atoms. The molecule has 3 heterocycles. The van der Waals surface area contributed by atoms with Crippen LogP contribution in [0.5, 0.6) is 0 Å². The molecule has 1 aliphatic heterocycles. The summed E-state index contributed by atoms with van der Waals surface area (Å²) in [5.74, 6) is 1.40. The van der Waals surface area contributed by atoms with E-state index in [9.17, 15) is 9.59 Å². The van der Waals surface area contributed by atoms with Crippen molar-refractivity contribution in [2.24, 2.45) is 5.92 Å². The molecule has 9 heteroatoms. The highest BCUT2D eigenvalue weighted by Gasteiger charge is 2.35. The van der Waals surface area contributed by atoms with Gasteiger partial charge in [-0.3, -0.25) is 14.2 Å². The van der Waals surface area contributed by atoms with Gasteiger partial charge in [0, 0.05) is 48.5 Å². The van der Waals surface area contributed by atoms with Crippen LogP contribution in [-0.4, -0.2) is 37.9 Å². The van der Waals surface area contributed by atoms with Gasteiger partial charge in [-0.05, 0) is 43.3 Å². The van der Waals surface area contributed by atoms with E-state index in [1.807, 2.05) is 78.4 Å². The van der Waals surface area contributed by atoms with E-state index in [-0.39, 0.29) is 18.2 Å². The molecule has 2 aromatic heterocycles. The number of benzene rings is 2. The Bertz CT molecular complexity index is 1310. The number of hydrogen-bond acceptors (Lipinski definition) is 6. The Kier molecular flexibility index (Phi) is 5.73. The van der Waals surface area contributed by atoms with Crippen molar-refractivity contribution in [3.63, 3.8) is 0 Å². The quantitative estimate of drug-likeness (QED) is 0.461. The largest absolute Gasteiger partial charge is 0.340 e. The zero-order chi connectivity index (χ0) is 23.5. The average Bonchev–Trinajstić information content (AvgIpc) is 3.51. The van der Waals surface area contributed by atoms with Gasteiger partial charge in [0.2, 0.25) is 11.8 Å². The molecule has 0 saturated carbocycles. The van der Waals surface area contributed by atoms with E-state index in [0.717, 1.165) is 11.4 Å². The number of carbonyl (C=O) groups is 2. The van der Waals surface area contributed by atoms with Crippen LogP contribution in [0.25, 0.3) is 5.82 Å². The number of anilines is 4. The molecule has 1 saturated heterocycles. The molecule has 2 N–H and O–H groups in total. The Morgan fingerprint density at radius 2 is 1.79 bits per heavy atom. The highest BCUT2D eigenvalue weighted by Crippen LogP contribution is 2.26. The lowest BCUT2D eigenvalue weighted by molar-refractivity contribution is -0.122. The van der Waals surface area contributed by atoms with Crippen LogP contribution in [0.1, 0.15) is 12.2 Å². The van der Waals surface area contributed by atoms with E-state index >= 15 is 0 Å². The maximum absolute atomic E-state index is 12.8. The van der Waals surface area contributed by atoms with Crippen LogP contribution in [0.3, 0.4) is 0 Å². The second kappa shape index (κ2) is 9.14. The van der Waals surface area contributed by atoms with Gasteiger partial charge in [0.1, 0.15) is 23.8 Å². The number of carbonyl (C=O) groups excluding carboxylic acids is 2. The van der Waals surface area contributed by atoms with Crippen molar-refractivity contribution in [2.45, 2.75) is 13.3 Å². The summed E-state index contributed by atoms with van der Waals surface area (Å²) in [6.07, 6.45) is 5.39. The summed E-state index contributed by atoms with van der Waals surface area (Å²) < 4.78 is 1.81. The van der Waals surface area contributed by atoms with Crippen LogP contribution < -0.4 is 15.5 Å². The van der Waals surface area contributed by atoms with Crippen LogP contribution in [0.2, 0.25) is 0 Å². The van der Waals surface area contributed by atoms with Crippen molar-refractivity contribution >= 4 is 34.7 Å². The van der Waals surface area contributed by atoms with Gasteiger partial charge in [-0.15, -0.1) is 0 Å². The summed E-state index contributed by atoms with van der Waals surface area (Å²) in [6, 6.07) is 18.6. The van der Waals surface area contributed by atoms with Crippen LogP contribution in [-0.2, 0) is 9.59 Å². The van der Waals surface area contributed by atoms with Crippen LogP contribution >= 0.6 is 0 Å². The molecule has 1 fully saturated rings. The predicted molar refractivity (Wildman–Crippen MR) is 129 cm³/mol. The normalized spacial score (nSPS) is 15.4. The fraction of sp³-hybridized carbons (Fsp3) is 0.160. The minimum absolute atomic E-state index is 0.0406. The second-order valence-electron chi connectivity index (χ2n) is 8.06. The first-order valence-corrected chi connectivity index (χ1v) is 10.9. The molecule has 2 amide bonds. The topological polar surface area (TPSA) is 105 Å². The number of rotatable bonds is 6. The van der Waals surface area contributed by atoms with Gasteiger partial charge < -0.3 is 15.5 Å². The average molecular weight is 454 g/mol. The summed E-state index contributed by atoms with van der Waals surface area (Å²) in [5.41, 5.74) is 2.30. The Morgan fingerprint density at radius 3 is 2.53 bits per heavy atom. The summed E-state index contributed by atoms with van der Waals surface area (Å²) >= 11 is 0. The lowest BCUT2D eigenvalue weighted by Gasteiger charge is -2.16. The molecule has 9 nitrogen and oxygen atoms in total. The maximum Gasteiger partial charge on any atom is 0.229 e. The summed E-state index contributed by atoms with van der Waals surface area (Å²) in [6.45, 7) is 2.21. The molecule has 2 aromatic carbocycles. The Morgan fingerprint density at radius 1 is 1.03 bits per heavy atom. The molecule has 0 aliphatic carbocycles. The maximum atomic E-state index is 12.8. The van der Waals surface area contributed by atoms with E-state index in [1.165, 1.54) is 0 Å². The molecule has 1 aliphatic rings. The van der Waals surface area contributed by atoms with Crippen molar-refractivity contribution in [3.8, 4) is 5.82 Å². The van der Waals surface area contributed by atoms with Crippen molar-refractivity contribution in [2.75, 3.05) is 22.1 Å². The molecule has 0 bridgehead atoms. The Balaban J connectivity index is 1.22. The zero-order valence-corrected chi connectivity index (χ0v) is 18.5. The van der Waals surface area contributed by atoms with Crippen molar-refractivity contribution < 1.29 is 9.59 Å². The van der Waals surface area contributed by atoms with E-state index in [1.54, 1.807) is 17.4 Å². The second-order valence-corrected chi connectivity index (χ2v) is 8.06. The number of aryl methyl sites for hydroxylation is 1. The van der Waals surface area contributed by atoms with Gasteiger partial charge in [-0.1, -0.05) is 18.2 Å². The number of nitrogens with one attached hydrogen (secondary N) is 2. The summed E-state index contributed by atoms with van der Waals surface area (Å²) in [5, 5.41) is 6.19. The standard InChI is InChI=1S/C25H23N7O2/c1-17-27-22(14-23(28-17)31-12-11-26-16-31)29-19-7-9-20(10-8-19)30-25(34)18-13-24(33)32(15-18)21-5-3-2-4-6-21/h2-12,14,16,18H,13,15H2,1H3,(H,30,34)(H,27,28,29)/t18-/m0/s1. The van der Waals surface area contributed by atoms with Gasteiger partial charge in [0.05, 0.1) is 5.92 Å². The monoisotopic (exact) mass is 453 g/mol. The minimum atomic E-state index is -0.393. The van der Waals surface area contributed by atoms with Gasteiger partial charge in [-0.25, -0.2) is 15.0 Å². The van der Waals surface area contributed by atoms with Gasteiger partial charge in [-0.2, -0.15) is 0 Å². The molecule has 0 unspecified atom stereocenters. The molecule has 0 spiro atoms. The van der Waals surface area contributed by atoms with Gasteiger partial charge in [0.15, 0.2) is 0 Å². The van der Waals surface area contributed by atoms with Crippen molar-refractivity contribution in [1.82, 2.24) is 19.5 Å². The smallest absolute Gasteiger partial charge is 0.229 e. The number of para-hydroxylation sites is 1. The first kappa shape index (κ1) is 21.3. The fourth-order valence-corrected chi connectivity index (χ4v) is 3.91. The van der Waals surface area contributed by atoms with Crippen LogP contribution in [0, 0.1) is 12.8 Å². The fourth-order valence-electron chi connectivity index (χ4n) is 3.91. The first-order chi connectivity index (χ1) is 16.5. The molecule has 4 aromatic rings. The molecular formula is C25H23N7O2. The number of imidazole rings is 1. The number of hydrogen-bond donors (Lipinski definition) is 2. The summed E-state index contributed by atoms with van der Waals surface area (Å²) in [7, 11) is 0. The molecular weight excluding hydrogens is 430 g/mol. The highest BCUT2D eigenvalue weighted by atomic mass is 16.2. The van der Waals surface area contributed by atoms with Crippen LogP contribution in [0.4, 0.5) is 22.9 Å². The van der Waals surface area contributed by atoms with Crippen molar-refractivity contribution in [3.05, 3.63) is 85.2 Å². The number of aromatic nitrogens is 4. The van der Waals surface area contributed by atoms with Crippen molar-refractivity contribution in [1.29, 1.82) is 0 Å². The van der Waals surface area contributed by atoms with E-state index in [0.29, 0.717) is 29.7 Å². The predicted octanol–water partition coefficient (Wildman–Crippen LogP) is 3.71. The van der Waals surface area contributed by atoms with Gasteiger partial charge >= 0.3 is 0 Å². The highest BCUT2D eigenvalue weighted by molar-refractivity contribution is 6.03. The van der Waals surface area contributed by atoms with E-state index in [2.05, 4.69) is 25.6 Å². The zero-order valence-electron chi connectivity index (χ0n) is 18.5. The Hall–Kier alpha value is -4.53. The molecule has 170 valence electrons. The Labute approximate surface area is 196 Å². The lowest BCUT2D eigenvalue weighted by atomic mass is 10.1. The molecule has 0 radical (unpaired) electrons. The third-order valence-corrected chi connectivity index (χ3v) is 5.58. The summed E-state index contributed by atoms with van der Waals surface area (Å²) in [4.78, 5) is 39.8. The third-order valence-electron chi connectivity index (χ3n) is 5.58. The molecule has 1 atom stereocenters. The van der Waals surface area contributed by atoms with Gasteiger partial charge in [0.25, 0.3) is 0 Å². The SMILES string of the molecule is Cc1nc(Nc2ccc(NC(=O)[C@H]3CC(=O)N(c4ccccc4)C3)cc2)cc(-n2ccnc2)n1. The van der Waals surface area contributed by atoms with E-state index < -0.39 is 5.92 Å². The lowest BCUT2D eigenvalue weighted by Crippen LogP contribution is -2.28. The first-order valence-electron chi connectivity index (χ1n) is 10.9. The minimum Gasteiger partial charge on any atom is -0.340 e. The number of amides is 2. The number of nitrogens with zero attached hydrogens (tertiary/aromatic N) is 5. The van der Waals surface area contributed by atoms with Crippen LogP contribution in [0.15, 0.2) is 79.4 Å². The third kappa shape index (κ3) is 4.63. The van der Waals surface area contributed by atoms with E-state index in [4.69, 9.17) is 0 Å².